The summed E-state index contributed by atoms with van der Waals surface area (Å²) in [5.41, 5.74) is 0.719. The summed E-state index contributed by atoms with van der Waals surface area (Å²) >= 11 is 5.11. The van der Waals surface area contributed by atoms with E-state index in [4.69, 9.17) is 21.7 Å². The lowest BCUT2D eigenvalue weighted by molar-refractivity contribution is -0.119. The maximum atomic E-state index is 14.7. The quantitative estimate of drug-likeness (QED) is 0.721. The van der Waals surface area contributed by atoms with Gasteiger partial charge < -0.3 is 19.7 Å². The van der Waals surface area contributed by atoms with Crippen LogP contribution < -0.4 is 15.1 Å². The molecule has 1 aromatic rings. The second kappa shape index (κ2) is 9.03. The summed E-state index contributed by atoms with van der Waals surface area (Å²) in [7, 11) is 0. The van der Waals surface area contributed by atoms with Gasteiger partial charge in [0.25, 0.3) is 5.17 Å². The van der Waals surface area contributed by atoms with Crippen LogP contribution in [0.4, 0.5) is 20.6 Å². The largest absolute Gasteiger partial charge is 0.470 e. The van der Waals surface area contributed by atoms with E-state index in [0.717, 1.165) is 0 Å². The van der Waals surface area contributed by atoms with Crippen LogP contribution >= 0.6 is 12.2 Å². The molecule has 1 N–H and O–H groups in total. The average Bonchev–Trinajstić information content (AvgIpc) is 3.07. The van der Waals surface area contributed by atoms with E-state index in [1.165, 1.54) is 29.2 Å². The number of carbonyl (C=O) groups is 2. The first-order chi connectivity index (χ1) is 13.9. The van der Waals surface area contributed by atoms with E-state index in [-0.39, 0.29) is 24.2 Å². The molecular formula is C18H22FN5O4S. The van der Waals surface area contributed by atoms with Crippen LogP contribution in [0.5, 0.6) is 0 Å². The van der Waals surface area contributed by atoms with E-state index < -0.39 is 18.0 Å². The minimum Gasteiger partial charge on any atom is -0.470 e. The molecule has 0 aromatic heterocycles. The SMILES string of the molecule is CCOC(=S)N1CCN(c2ccc(N3C[C@H](CNC(C)=O)OC3=O)cc2F)C=N1. The van der Waals surface area contributed by atoms with Gasteiger partial charge in [0.15, 0.2) is 0 Å². The fourth-order valence-electron chi connectivity index (χ4n) is 2.95. The normalized spacial score (nSPS) is 18.7. The number of hydrogen-bond donors (Lipinski definition) is 1. The van der Waals surface area contributed by atoms with Crippen molar-refractivity contribution in [2.75, 3.05) is 42.6 Å². The highest BCUT2D eigenvalue weighted by atomic mass is 32.1. The second-order valence-corrected chi connectivity index (χ2v) is 6.78. The lowest BCUT2D eigenvalue weighted by Crippen LogP contribution is -2.41. The number of nitrogens with zero attached hydrogens (tertiary/aromatic N) is 4. The Morgan fingerprint density at radius 2 is 2.24 bits per heavy atom. The van der Waals surface area contributed by atoms with Crippen LogP contribution in [0.2, 0.25) is 0 Å². The highest BCUT2D eigenvalue weighted by Gasteiger charge is 2.33. The molecule has 2 aliphatic heterocycles. The van der Waals surface area contributed by atoms with Crippen LogP contribution in [0, 0.1) is 5.82 Å². The Hall–Kier alpha value is -2.95. The Morgan fingerprint density at radius 3 is 2.86 bits per heavy atom. The van der Waals surface area contributed by atoms with Gasteiger partial charge in [0.1, 0.15) is 18.3 Å². The molecule has 0 unspecified atom stereocenters. The molecule has 1 fully saturated rings. The summed E-state index contributed by atoms with van der Waals surface area (Å²) < 4.78 is 25.2. The maximum absolute atomic E-state index is 14.7. The van der Waals surface area contributed by atoms with Gasteiger partial charge in [-0.2, -0.15) is 5.10 Å². The molecule has 3 rings (SSSR count). The molecule has 0 aliphatic carbocycles. The summed E-state index contributed by atoms with van der Waals surface area (Å²) in [5, 5.41) is 8.61. The number of ether oxygens (including phenoxy) is 2. The van der Waals surface area contributed by atoms with E-state index in [0.29, 0.717) is 31.1 Å². The first-order valence-electron chi connectivity index (χ1n) is 9.16. The van der Waals surface area contributed by atoms with Crippen LogP contribution in [0.25, 0.3) is 0 Å². The van der Waals surface area contributed by atoms with E-state index in [1.807, 2.05) is 6.92 Å². The van der Waals surface area contributed by atoms with Crippen LogP contribution in [-0.4, -0.2) is 67.4 Å². The number of cyclic esters (lactones) is 1. The van der Waals surface area contributed by atoms with Crippen molar-refractivity contribution in [3.05, 3.63) is 24.0 Å². The van der Waals surface area contributed by atoms with E-state index in [9.17, 15) is 14.0 Å². The van der Waals surface area contributed by atoms with Gasteiger partial charge in [0.2, 0.25) is 5.91 Å². The summed E-state index contributed by atoms with van der Waals surface area (Å²) in [4.78, 5) is 26.1. The third-order valence-electron chi connectivity index (χ3n) is 4.37. The highest BCUT2D eigenvalue weighted by molar-refractivity contribution is 7.80. The third-order valence-corrected chi connectivity index (χ3v) is 4.70. The summed E-state index contributed by atoms with van der Waals surface area (Å²) in [6, 6.07) is 4.51. The van der Waals surface area contributed by atoms with Crippen LogP contribution in [-0.2, 0) is 14.3 Å². The van der Waals surface area contributed by atoms with Gasteiger partial charge in [-0.3, -0.25) is 9.69 Å². The Balaban J connectivity index is 1.67. The maximum Gasteiger partial charge on any atom is 0.414 e. The van der Waals surface area contributed by atoms with Crippen LogP contribution in [0.3, 0.4) is 0 Å². The number of benzene rings is 1. The molecule has 29 heavy (non-hydrogen) atoms. The van der Waals surface area contributed by atoms with Crippen molar-refractivity contribution in [2.45, 2.75) is 20.0 Å². The standard InChI is InChI=1S/C18H22FN5O4S/c1-3-27-18(29)24-7-6-22(11-21-24)16-5-4-13(8-15(16)19)23-10-14(28-17(23)26)9-20-12(2)25/h4-5,8,11,14H,3,6-7,9-10H2,1-2H3,(H,20,25)/t14-/m0/s1. The Labute approximate surface area is 173 Å². The molecule has 11 heteroatoms. The lowest BCUT2D eigenvalue weighted by atomic mass is 10.2. The van der Waals surface area contributed by atoms with Crippen molar-refractivity contribution in [3.63, 3.8) is 0 Å². The zero-order chi connectivity index (χ0) is 21.0. The van der Waals surface area contributed by atoms with Gasteiger partial charge in [0.05, 0.1) is 37.6 Å². The molecule has 1 aromatic carbocycles. The lowest BCUT2D eigenvalue weighted by Gasteiger charge is -2.29. The molecule has 156 valence electrons. The number of halogens is 1. The predicted octanol–water partition coefficient (Wildman–Crippen LogP) is 1.67. The van der Waals surface area contributed by atoms with E-state index in [1.54, 1.807) is 17.0 Å². The molecule has 1 saturated heterocycles. The van der Waals surface area contributed by atoms with E-state index in [2.05, 4.69) is 10.4 Å². The molecular weight excluding hydrogens is 401 g/mol. The van der Waals surface area contributed by atoms with Gasteiger partial charge in [0, 0.05) is 13.5 Å². The fourth-order valence-corrected chi connectivity index (χ4v) is 3.21. The third kappa shape index (κ3) is 4.91. The number of amides is 2. The molecule has 9 nitrogen and oxygen atoms in total. The van der Waals surface area contributed by atoms with Crippen LogP contribution in [0.15, 0.2) is 23.3 Å². The summed E-state index contributed by atoms with van der Waals surface area (Å²) in [6.45, 7) is 5.04. The number of hydrogen-bond acceptors (Lipinski definition) is 7. The van der Waals surface area contributed by atoms with Crippen LogP contribution in [0.1, 0.15) is 13.8 Å². The van der Waals surface area contributed by atoms with Crippen molar-refractivity contribution in [3.8, 4) is 0 Å². The Morgan fingerprint density at radius 1 is 1.45 bits per heavy atom. The van der Waals surface area contributed by atoms with E-state index >= 15 is 0 Å². The first kappa shape index (κ1) is 20.8. The predicted molar refractivity (Wildman–Crippen MR) is 109 cm³/mol. The van der Waals surface area contributed by atoms with Gasteiger partial charge >= 0.3 is 6.09 Å². The monoisotopic (exact) mass is 423 g/mol. The van der Waals surface area contributed by atoms with Crippen molar-refractivity contribution in [2.24, 2.45) is 5.10 Å². The molecule has 0 bridgehead atoms. The smallest absolute Gasteiger partial charge is 0.414 e. The molecule has 2 heterocycles. The van der Waals surface area contributed by atoms with Gasteiger partial charge in [-0.1, -0.05) is 0 Å². The number of nitrogens with one attached hydrogen (secondary N) is 1. The molecule has 0 radical (unpaired) electrons. The minimum atomic E-state index is -0.577. The Bertz CT molecular complexity index is 836. The van der Waals surface area contributed by atoms with Crippen molar-refractivity contribution < 1.29 is 23.5 Å². The number of anilines is 2. The first-order valence-corrected chi connectivity index (χ1v) is 9.57. The topological polar surface area (TPSA) is 86.7 Å². The van der Waals surface area contributed by atoms with Crippen molar-refractivity contribution in [1.29, 1.82) is 0 Å². The number of hydrazone groups is 1. The number of rotatable bonds is 5. The zero-order valence-corrected chi connectivity index (χ0v) is 16.9. The zero-order valence-electron chi connectivity index (χ0n) is 16.1. The van der Waals surface area contributed by atoms with Gasteiger partial charge in [-0.25, -0.2) is 14.2 Å². The molecule has 2 amide bonds. The summed E-state index contributed by atoms with van der Waals surface area (Å²) in [6.07, 6.45) is 0.427. The fraction of sp³-hybridized carbons (Fsp3) is 0.444. The average molecular weight is 423 g/mol. The van der Waals surface area contributed by atoms with Crippen molar-refractivity contribution >= 4 is 47.1 Å². The number of carbonyl (C=O) groups excluding carboxylic acids is 2. The molecule has 0 spiro atoms. The minimum absolute atomic E-state index is 0.210. The molecule has 1 atom stereocenters. The second-order valence-electron chi connectivity index (χ2n) is 6.44. The highest BCUT2D eigenvalue weighted by Crippen LogP contribution is 2.28. The van der Waals surface area contributed by atoms with Gasteiger partial charge in [-0.05, 0) is 37.3 Å². The Kier molecular flexibility index (Phi) is 6.47. The molecule has 2 aliphatic rings. The van der Waals surface area contributed by atoms with Gasteiger partial charge in [-0.15, -0.1) is 0 Å². The number of thiocarbonyl (C=S) groups is 1. The summed E-state index contributed by atoms with van der Waals surface area (Å²) in [5.74, 6) is -0.702. The molecule has 0 saturated carbocycles. The van der Waals surface area contributed by atoms with Crippen molar-refractivity contribution in [1.82, 2.24) is 10.3 Å².